The van der Waals surface area contributed by atoms with E-state index in [1.54, 1.807) is 17.9 Å². The van der Waals surface area contributed by atoms with Crippen LogP contribution in [0, 0.1) is 6.92 Å². The topological polar surface area (TPSA) is 56.2 Å². The van der Waals surface area contributed by atoms with Crippen molar-refractivity contribution in [2.45, 2.75) is 19.6 Å². The third-order valence-corrected chi connectivity index (χ3v) is 3.05. The first-order valence-electron chi connectivity index (χ1n) is 6.81. The Kier molecular flexibility index (Phi) is 4.92. The fourth-order valence-electron chi connectivity index (χ4n) is 1.99. The number of nitrogens with one attached hydrogen (secondary N) is 1. The molecule has 0 radical (unpaired) electrons. The summed E-state index contributed by atoms with van der Waals surface area (Å²) in [6, 6.07) is 5.62. The molecule has 0 unspecified atom stereocenters. The lowest BCUT2D eigenvalue weighted by molar-refractivity contribution is -0.153. The van der Waals surface area contributed by atoms with Gasteiger partial charge in [0.25, 0.3) is 5.91 Å². The number of carbonyl (C=O) groups excluding carboxylic acids is 1. The number of aryl methyl sites for hydroxylation is 2. The zero-order valence-corrected chi connectivity index (χ0v) is 12.6. The van der Waals surface area contributed by atoms with Gasteiger partial charge in [-0.25, -0.2) is 0 Å². The zero-order valence-electron chi connectivity index (χ0n) is 12.6. The summed E-state index contributed by atoms with van der Waals surface area (Å²) in [4.78, 5) is 12.1. The number of aromatic nitrogens is 2. The predicted octanol–water partition coefficient (Wildman–Crippen LogP) is 2.60. The van der Waals surface area contributed by atoms with Crippen LogP contribution in [0.5, 0.6) is 5.75 Å². The van der Waals surface area contributed by atoms with Gasteiger partial charge < -0.3 is 10.1 Å². The molecule has 8 heteroatoms. The maximum atomic E-state index is 12.1. The molecule has 0 aliphatic carbocycles. The summed E-state index contributed by atoms with van der Waals surface area (Å²) in [7, 11) is 1.78. The third kappa shape index (κ3) is 5.01. The number of carbonyl (C=O) groups is 1. The van der Waals surface area contributed by atoms with Crippen LogP contribution in [-0.2, 0) is 13.6 Å². The highest BCUT2D eigenvalue weighted by molar-refractivity contribution is 5.94. The second-order valence-electron chi connectivity index (χ2n) is 5.03. The van der Waals surface area contributed by atoms with Gasteiger partial charge in [0.2, 0.25) is 0 Å². The number of alkyl halides is 3. The van der Waals surface area contributed by atoms with E-state index in [4.69, 9.17) is 0 Å². The van der Waals surface area contributed by atoms with Crippen molar-refractivity contribution < 1.29 is 22.7 Å². The molecule has 1 amide bonds. The molecule has 2 rings (SSSR count). The molecule has 5 nitrogen and oxygen atoms in total. The molecule has 1 heterocycles. The number of benzene rings is 1. The highest BCUT2D eigenvalue weighted by Gasteiger charge is 2.28. The average Bonchev–Trinajstić information content (AvgIpc) is 2.80. The summed E-state index contributed by atoms with van der Waals surface area (Å²) < 4.78 is 42.7. The predicted molar refractivity (Wildman–Crippen MR) is 77.1 cm³/mol. The van der Waals surface area contributed by atoms with Crippen molar-refractivity contribution >= 4 is 5.91 Å². The van der Waals surface area contributed by atoms with Crippen molar-refractivity contribution in [3.63, 3.8) is 0 Å². The molecule has 1 N–H and O–H groups in total. The molecule has 23 heavy (non-hydrogen) atoms. The number of nitrogens with zero attached hydrogens (tertiary/aromatic N) is 2. The fraction of sp³-hybridized carbons (Fsp3) is 0.333. The van der Waals surface area contributed by atoms with Gasteiger partial charge in [0.15, 0.2) is 6.61 Å². The molecule has 124 valence electrons. The maximum Gasteiger partial charge on any atom is 0.422 e. The summed E-state index contributed by atoms with van der Waals surface area (Å²) >= 11 is 0. The lowest BCUT2D eigenvalue weighted by Gasteiger charge is -2.10. The SMILES string of the molecule is Cc1nn(C)cc1CNC(=O)c1cccc(OCC(F)(F)F)c1. The number of ether oxygens (including phenoxy) is 1. The highest BCUT2D eigenvalue weighted by atomic mass is 19.4. The Hall–Kier alpha value is -2.51. The van der Waals surface area contributed by atoms with Crippen LogP contribution in [0.25, 0.3) is 0 Å². The van der Waals surface area contributed by atoms with Crippen LogP contribution in [-0.4, -0.2) is 28.5 Å². The molecule has 1 aromatic carbocycles. The minimum atomic E-state index is -4.42. The zero-order chi connectivity index (χ0) is 17.0. The number of hydrogen-bond donors (Lipinski definition) is 1. The van der Waals surface area contributed by atoms with Gasteiger partial charge in [-0.15, -0.1) is 0 Å². The van der Waals surface area contributed by atoms with Crippen molar-refractivity contribution in [3.8, 4) is 5.75 Å². The lowest BCUT2D eigenvalue weighted by atomic mass is 10.2. The molecule has 0 saturated heterocycles. The first kappa shape index (κ1) is 16.9. The smallest absolute Gasteiger partial charge is 0.422 e. The summed E-state index contributed by atoms with van der Waals surface area (Å²) in [5, 5.41) is 6.86. The van der Waals surface area contributed by atoms with Crippen LogP contribution in [0.2, 0.25) is 0 Å². The van der Waals surface area contributed by atoms with E-state index in [9.17, 15) is 18.0 Å². The Morgan fingerprint density at radius 1 is 1.39 bits per heavy atom. The van der Waals surface area contributed by atoms with E-state index in [1.165, 1.54) is 24.3 Å². The van der Waals surface area contributed by atoms with E-state index in [-0.39, 0.29) is 17.9 Å². The molecule has 0 atom stereocenters. The largest absolute Gasteiger partial charge is 0.484 e. The Bertz CT molecular complexity index is 696. The number of halogens is 3. The van der Waals surface area contributed by atoms with Gasteiger partial charge in [0.05, 0.1) is 5.69 Å². The molecule has 0 fully saturated rings. The second kappa shape index (κ2) is 6.72. The number of hydrogen-bond acceptors (Lipinski definition) is 3. The van der Waals surface area contributed by atoms with E-state index in [0.717, 1.165) is 11.3 Å². The molecule has 0 bridgehead atoms. The summed E-state index contributed by atoms with van der Waals surface area (Å²) in [5.74, 6) is -0.404. The van der Waals surface area contributed by atoms with Crippen molar-refractivity contribution in [1.82, 2.24) is 15.1 Å². The van der Waals surface area contributed by atoms with Crippen LogP contribution in [0.3, 0.4) is 0 Å². The van der Waals surface area contributed by atoms with Gasteiger partial charge in [-0.2, -0.15) is 18.3 Å². The van der Waals surface area contributed by atoms with Crippen molar-refractivity contribution in [2.24, 2.45) is 7.05 Å². The lowest BCUT2D eigenvalue weighted by Crippen LogP contribution is -2.23. The van der Waals surface area contributed by atoms with Gasteiger partial charge in [-0.3, -0.25) is 9.48 Å². The quantitative estimate of drug-likeness (QED) is 0.918. The molecular formula is C15H16F3N3O2. The van der Waals surface area contributed by atoms with Crippen LogP contribution >= 0.6 is 0 Å². The molecule has 0 aliphatic rings. The Morgan fingerprint density at radius 3 is 2.74 bits per heavy atom. The second-order valence-corrected chi connectivity index (χ2v) is 5.03. The van der Waals surface area contributed by atoms with E-state index >= 15 is 0 Å². The van der Waals surface area contributed by atoms with Gasteiger partial charge in [0.1, 0.15) is 5.75 Å². The number of amides is 1. The molecule has 1 aromatic heterocycles. The molecule has 2 aromatic rings. The van der Waals surface area contributed by atoms with Crippen LogP contribution in [0.4, 0.5) is 13.2 Å². The monoisotopic (exact) mass is 327 g/mol. The van der Waals surface area contributed by atoms with Gasteiger partial charge in [0, 0.05) is 30.9 Å². The number of rotatable bonds is 5. The maximum absolute atomic E-state index is 12.1. The van der Waals surface area contributed by atoms with Crippen molar-refractivity contribution in [3.05, 3.63) is 47.3 Å². The Morgan fingerprint density at radius 2 is 2.13 bits per heavy atom. The van der Waals surface area contributed by atoms with E-state index < -0.39 is 18.7 Å². The molecule has 0 saturated carbocycles. The van der Waals surface area contributed by atoms with Gasteiger partial charge in [-0.1, -0.05) is 6.07 Å². The molecule has 0 spiro atoms. The normalized spacial score (nSPS) is 11.3. The van der Waals surface area contributed by atoms with Crippen molar-refractivity contribution in [1.29, 1.82) is 0 Å². The van der Waals surface area contributed by atoms with E-state index in [2.05, 4.69) is 15.2 Å². The molecular weight excluding hydrogens is 311 g/mol. The Balaban J connectivity index is 1.98. The van der Waals surface area contributed by atoms with Gasteiger partial charge >= 0.3 is 6.18 Å². The molecule has 0 aliphatic heterocycles. The van der Waals surface area contributed by atoms with Crippen LogP contribution in [0.15, 0.2) is 30.5 Å². The standard InChI is InChI=1S/C15H16F3N3O2/c1-10-12(8-21(2)20-10)7-19-14(22)11-4-3-5-13(6-11)23-9-15(16,17)18/h3-6,8H,7,9H2,1-2H3,(H,19,22). The van der Waals surface area contributed by atoms with Gasteiger partial charge in [-0.05, 0) is 25.1 Å². The minimum absolute atomic E-state index is 0.00691. The van der Waals surface area contributed by atoms with Crippen LogP contribution < -0.4 is 10.1 Å². The minimum Gasteiger partial charge on any atom is -0.484 e. The fourth-order valence-corrected chi connectivity index (χ4v) is 1.99. The van der Waals surface area contributed by atoms with Crippen molar-refractivity contribution in [2.75, 3.05) is 6.61 Å². The van der Waals surface area contributed by atoms with E-state index in [0.29, 0.717) is 0 Å². The first-order chi connectivity index (χ1) is 10.7. The highest BCUT2D eigenvalue weighted by Crippen LogP contribution is 2.19. The summed E-state index contributed by atoms with van der Waals surface area (Å²) in [6.07, 6.45) is -2.63. The summed E-state index contributed by atoms with van der Waals surface area (Å²) in [6.45, 7) is 0.714. The third-order valence-electron chi connectivity index (χ3n) is 3.05. The first-order valence-corrected chi connectivity index (χ1v) is 6.81. The van der Waals surface area contributed by atoms with Crippen LogP contribution in [0.1, 0.15) is 21.6 Å². The summed E-state index contributed by atoms with van der Waals surface area (Å²) in [5.41, 5.74) is 1.90. The average molecular weight is 327 g/mol. The Labute approximate surface area is 131 Å². The van der Waals surface area contributed by atoms with E-state index in [1.807, 2.05) is 6.92 Å².